The van der Waals surface area contributed by atoms with E-state index >= 15 is 0 Å². The molecule has 1 aromatic carbocycles. The second kappa shape index (κ2) is 7.47. The maximum absolute atomic E-state index is 12.4. The van der Waals surface area contributed by atoms with Gasteiger partial charge in [-0.15, -0.1) is 6.58 Å². The summed E-state index contributed by atoms with van der Waals surface area (Å²) in [5.74, 6) is -0.597. The molecule has 0 aliphatic heterocycles. The predicted octanol–water partition coefficient (Wildman–Crippen LogP) is 3.01. The number of aliphatic imine (C=N–C) groups is 1. The monoisotopic (exact) mass is 300 g/mol. The molecule has 0 atom stereocenters. The molecule has 4 nitrogen and oxygen atoms in total. The number of hydrogen-bond donors (Lipinski definition) is 1. The molecule has 0 bridgehead atoms. The Bertz CT molecular complexity index is 522. The second-order valence-corrected chi connectivity index (χ2v) is 3.90. The molecule has 21 heavy (non-hydrogen) atoms. The first kappa shape index (κ1) is 16.7. The van der Waals surface area contributed by atoms with Gasteiger partial charge in [-0.25, -0.2) is 4.99 Å². The standard InChI is InChI=1S/C14H15F3N2O2/c1-3-9-18-13(21-4-2)19-12(20)10-5-7-11(8-6-10)14(15,16)17/h3,5-8H,1,4,9H2,2H3,(H,18,19,20). The molecule has 1 amide bonds. The van der Waals surface area contributed by atoms with Crippen LogP contribution in [0.15, 0.2) is 41.9 Å². The van der Waals surface area contributed by atoms with Crippen LogP contribution in [0.2, 0.25) is 0 Å². The number of alkyl halides is 3. The molecule has 0 spiro atoms. The molecule has 1 aromatic rings. The van der Waals surface area contributed by atoms with Gasteiger partial charge in [0.2, 0.25) is 0 Å². The number of nitrogens with one attached hydrogen (secondary N) is 1. The van der Waals surface area contributed by atoms with E-state index in [2.05, 4.69) is 16.9 Å². The van der Waals surface area contributed by atoms with Crippen LogP contribution in [0.3, 0.4) is 0 Å². The number of nitrogens with zero attached hydrogens (tertiary/aromatic N) is 1. The van der Waals surface area contributed by atoms with Crippen molar-refractivity contribution in [2.45, 2.75) is 13.1 Å². The zero-order chi connectivity index (χ0) is 15.9. The van der Waals surface area contributed by atoms with Crippen molar-refractivity contribution < 1.29 is 22.7 Å². The predicted molar refractivity (Wildman–Crippen MR) is 73.0 cm³/mol. The van der Waals surface area contributed by atoms with E-state index in [-0.39, 0.29) is 18.1 Å². The van der Waals surface area contributed by atoms with Gasteiger partial charge in [0, 0.05) is 5.56 Å². The van der Waals surface area contributed by atoms with Crippen LogP contribution < -0.4 is 5.32 Å². The number of ether oxygens (including phenoxy) is 1. The summed E-state index contributed by atoms with van der Waals surface area (Å²) in [6.45, 7) is 5.74. The van der Waals surface area contributed by atoms with Gasteiger partial charge in [-0.1, -0.05) is 6.08 Å². The lowest BCUT2D eigenvalue weighted by atomic mass is 10.1. The number of carbonyl (C=O) groups excluding carboxylic acids is 1. The zero-order valence-corrected chi connectivity index (χ0v) is 11.4. The highest BCUT2D eigenvalue weighted by molar-refractivity contribution is 6.04. The van der Waals surface area contributed by atoms with Crippen LogP contribution in [0.5, 0.6) is 0 Å². The van der Waals surface area contributed by atoms with Crippen molar-refractivity contribution >= 4 is 11.9 Å². The van der Waals surface area contributed by atoms with E-state index in [9.17, 15) is 18.0 Å². The molecule has 7 heteroatoms. The summed E-state index contributed by atoms with van der Waals surface area (Å²) in [5.41, 5.74) is -0.738. The Morgan fingerprint density at radius 1 is 1.38 bits per heavy atom. The van der Waals surface area contributed by atoms with Crippen molar-refractivity contribution in [3.63, 3.8) is 0 Å². The molecule has 114 valence electrons. The van der Waals surface area contributed by atoms with E-state index in [0.29, 0.717) is 6.61 Å². The Morgan fingerprint density at radius 3 is 2.48 bits per heavy atom. The van der Waals surface area contributed by atoms with E-state index in [1.807, 2.05) is 0 Å². The van der Waals surface area contributed by atoms with Crippen LogP contribution in [0, 0.1) is 0 Å². The first-order valence-electron chi connectivity index (χ1n) is 6.15. The fourth-order valence-corrected chi connectivity index (χ4v) is 1.39. The van der Waals surface area contributed by atoms with Gasteiger partial charge >= 0.3 is 6.18 Å². The molecule has 0 aliphatic carbocycles. The summed E-state index contributed by atoms with van der Waals surface area (Å²) in [6, 6.07) is 3.87. The fraction of sp³-hybridized carbons (Fsp3) is 0.286. The van der Waals surface area contributed by atoms with Crippen LogP contribution >= 0.6 is 0 Å². The van der Waals surface area contributed by atoms with E-state index in [0.717, 1.165) is 24.3 Å². The minimum atomic E-state index is -4.43. The van der Waals surface area contributed by atoms with Crippen LogP contribution in [-0.4, -0.2) is 25.1 Å². The van der Waals surface area contributed by atoms with Crippen LogP contribution in [-0.2, 0) is 10.9 Å². The summed E-state index contributed by atoms with van der Waals surface area (Å²) in [6.07, 6.45) is -2.92. The average molecular weight is 300 g/mol. The maximum atomic E-state index is 12.4. The van der Waals surface area contributed by atoms with Gasteiger partial charge in [0.25, 0.3) is 11.9 Å². The molecular formula is C14H15F3N2O2. The minimum Gasteiger partial charge on any atom is -0.465 e. The third kappa shape index (κ3) is 5.29. The third-order valence-corrected chi connectivity index (χ3v) is 2.34. The van der Waals surface area contributed by atoms with Gasteiger partial charge in [0.1, 0.15) is 0 Å². The van der Waals surface area contributed by atoms with Crippen molar-refractivity contribution in [1.82, 2.24) is 5.32 Å². The van der Waals surface area contributed by atoms with Gasteiger partial charge in [0.15, 0.2) is 0 Å². The molecule has 0 unspecified atom stereocenters. The van der Waals surface area contributed by atoms with Crippen molar-refractivity contribution in [1.29, 1.82) is 0 Å². The zero-order valence-electron chi connectivity index (χ0n) is 11.4. The molecule has 1 rings (SSSR count). The van der Waals surface area contributed by atoms with Crippen molar-refractivity contribution in [2.24, 2.45) is 4.99 Å². The van der Waals surface area contributed by atoms with Gasteiger partial charge in [-0.05, 0) is 31.2 Å². The van der Waals surface area contributed by atoms with E-state index in [4.69, 9.17) is 4.74 Å². The van der Waals surface area contributed by atoms with Crippen LogP contribution in [0.25, 0.3) is 0 Å². The highest BCUT2D eigenvalue weighted by atomic mass is 19.4. The summed E-state index contributed by atoms with van der Waals surface area (Å²) in [7, 11) is 0. The number of amides is 1. The van der Waals surface area contributed by atoms with Crippen molar-refractivity contribution in [3.8, 4) is 0 Å². The molecule has 0 saturated carbocycles. The second-order valence-electron chi connectivity index (χ2n) is 3.90. The molecule has 0 saturated heterocycles. The number of carbonyl (C=O) groups is 1. The quantitative estimate of drug-likeness (QED) is 0.528. The highest BCUT2D eigenvalue weighted by Gasteiger charge is 2.30. The van der Waals surface area contributed by atoms with Gasteiger partial charge < -0.3 is 4.74 Å². The molecule has 0 heterocycles. The Kier molecular flexibility index (Phi) is 5.95. The Morgan fingerprint density at radius 2 is 2.00 bits per heavy atom. The van der Waals surface area contributed by atoms with E-state index in [1.54, 1.807) is 6.92 Å². The topological polar surface area (TPSA) is 50.7 Å². The van der Waals surface area contributed by atoms with Crippen molar-refractivity contribution in [2.75, 3.05) is 13.2 Å². The molecule has 1 N–H and O–H groups in total. The first-order chi connectivity index (χ1) is 9.88. The van der Waals surface area contributed by atoms with Gasteiger partial charge in [0.05, 0.1) is 18.7 Å². The molecule has 0 fully saturated rings. The van der Waals surface area contributed by atoms with E-state index < -0.39 is 17.6 Å². The average Bonchev–Trinajstić information content (AvgIpc) is 2.44. The number of halogens is 3. The lowest BCUT2D eigenvalue weighted by Gasteiger charge is -2.10. The molecular weight excluding hydrogens is 285 g/mol. The maximum Gasteiger partial charge on any atom is 0.416 e. The smallest absolute Gasteiger partial charge is 0.416 e. The first-order valence-corrected chi connectivity index (χ1v) is 6.15. The summed E-state index contributed by atoms with van der Waals surface area (Å²) in [5, 5.41) is 2.39. The lowest BCUT2D eigenvalue weighted by molar-refractivity contribution is -0.137. The third-order valence-electron chi connectivity index (χ3n) is 2.34. The number of amidine groups is 1. The summed E-state index contributed by atoms with van der Waals surface area (Å²) >= 11 is 0. The minimum absolute atomic E-state index is 0.00213. The van der Waals surface area contributed by atoms with Gasteiger partial charge in [-0.3, -0.25) is 10.1 Å². The number of rotatable bonds is 4. The van der Waals surface area contributed by atoms with Crippen LogP contribution in [0.1, 0.15) is 22.8 Å². The number of benzene rings is 1. The van der Waals surface area contributed by atoms with Crippen LogP contribution in [0.4, 0.5) is 13.2 Å². The summed E-state index contributed by atoms with van der Waals surface area (Å²) < 4.78 is 42.4. The summed E-state index contributed by atoms with van der Waals surface area (Å²) in [4.78, 5) is 15.8. The fourth-order valence-electron chi connectivity index (χ4n) is 1.39. The Labute approximate surface area is 120 Å². The van der Waals surface area contributed by atoms with E-state index in [1.165, 1.54) is 6.08 Å². The van der Waals surface area contributed by atoms with Gasteiger partial charge in [-0.2, -0.15) is 13.2 Å². The SMILES string of the molecule is C=CCN=C(NC(=O)c1ccc(C(F)(F)F)cc1)OCC. The lowest BCUT2D eigenvalue weighted by Crippen LogP contribution is -2.32. The number of hydrogen-bond acceptors (Lipinski definition) is 3. The van der Waals surface area contributed by atoms with Crippen molar-refractivity contribution in [3.05, 3.63) is 48.0 Å². The normalized spacial score (nSPS) is 11.9. The molecule has 0 aliphatic rings. The largest absolute Gasteiger partial charge is 0.465 e. The Hall–Kier alpha value is -2.31. The Balaban J connectivity index is 2.80. The molecule has 0 radical (unpaired) electrons. The highest BCUT2D eigenvalue weighted by Crippen LogP contribution is 2.28. The molecule has 0 aromatic heterocycles.